The molecule has 1 fully saturated rings. The Morgan fingerprint density at radius 1 is 1.03 bits per heavy atom. The van der Waals surface area contributed by atoms with Crippen LogP contribution in [0, 0.1) is 5.41 Å². The SMILES string of the molecule is CN(C)c1ncc2ncn([C@@]3(CO[SiH](c4ccccc4)c4ccccc4)OC[C@H](C(C)(C)C)O3)c2n1. The first-order valence-electron chi connectivity index (χ1n) is 12.2. The fourth-order valence-electron chi connectivity index (χ4n) is 4.29. The molecule has 0 radical (unpaired) electrons. The summed E-state index contributed by atoms with van der Waals surface area (Å²) in [6.45, 7) is 7.11. The molecule has 1 aliphatic heterocycles. The van der Waals surface area contributed by atoms with Crippen LogP contribution in [0.2, 0.25) is 0 Å². The third kappa shape index (κ3) is 4.79. The highest BCUT2D eigenvalue weighted by atomic mass is 28.3. The van der Waals surface area contributed by atoms with Crippen molar-refractivity contribution in [3.63, 3.8) is 0 Å². The van der Waals surface area contributed by atoms with Gasteiger partial charge in [-0.25, -0.2) is 9.97 Å². The van der Waals surface area contributed by atoms with E-state index >= 15 is 0 Å². The number of ether oxygens (including phenoxy) is 2. The average molecular weight is 504 g/mol. The predicted octanol–water partition coefficient (Wildman–Crippen LogP) is 2.52. The zero-order chi connectivity index (χ0) is 25.3. The first kappa shape index (κ1) is 24.6. The van der Waals surface area contributed by atoms with Crippen molar-refractivity contribution in [3.8, 4) is 0 Å². The van der Waals surface area contributed by atoms with Gasteiger partial charge < -0.3 is 18.8 Å². The molecule has 1 aliphatic rings. The van der Waals surface area contributed by atoms with Gasteiger partial charge in [0.05, 0.1) is 18.9 Å². The second-order valence-electron chi connectivity index (χ2n) is 10.4. The molecule has 2 atom stereocenters. The van der Waals surface area contributed by atoms with Crippen LogP contribution in [0.3, 0.4) is 0 Å². The number of aromatic nitrogens is 4. The Balaban J connectivity index is 1.55. The third-order valence-corrected chi connectivity index (χ3v) is 8.92. The molecule has 0 N–H and O–H groups in total. The molecule has 0 unspecified atom stereocenters. The van der Waals surface area contributed by atoms with E-state index in [9.17, 15) is 0 Å². The van der Waals surface area contributed by atoms with Gasteiger partial charge >= 0.3 is 0 Å². The molecule has 4 aromatic rings. The number of nitrogens with zero attached hydrogens (tertiary/aromatic N) is 5. The molecule has 3 heterocycles. The van der Waals surface area contributed by atoms with Gasteiger partial charge in [0.25, 0.3) is 5.91 Å². The van der Waals surface area contributed by atoms with E-state index in [0.717, 1.165) is 0 Å². The van der Waals surface area contributed by atoms with Gasteiger partial charge in [-0.3, -0.25) is 4.57 Å². The molecule has 36 heavy (non-hydrogen) atoms. The van der Waals surface area contributed by atoms with Crippen LogP contribution in [-0.2, 0) is 19.8 Å². The highest BCUT2D eigenvalue weighted by Crippen LogP contribution is 2.38. The first-order chi connectivity index (χ1) is 17.3. The number of benzene rings is 2. The molecule has 9 heteroatoms. The van der Waals surface area contributed by atoms with Gasteiger partial charge in [0.2, 0.25) is 15.0 Å². The molecule has 2 aromatic heterocycles. The quantitative estimate of drug-likeness (QED) is 0.359. The lowest BCUT2D eigenvalue weighted by Crippen LogP contribution is -2.50. The molecule has 8 nitrogen and oxygen atoms in total. The van der Waals surface area contributed by atoms with Gasteiger partial charge in [-0.05, 0) is 15.8 Å². The van der Waals surface area contributed by atoms with E-state index in [1.807, 2.05) is 35.7 Å². The van der Waals surface area contributed by atoms with Crippen LogP contribution in [0.15, 0.2) is 73.2 Å². The molecule has 5 rings (SSSR count). The second kappa shape index (κ2) is 9.74. The minimum absolute atomic E-state index is 0.113. The minimum Gasteiger partial charge on any atom is -0.403 e. The lowest BCUT2D eigenvalue weighted by molar-refractivity contribution is -0.253. The Morgan fingerprint density at radius 3 is 2.22 bits per heavy atom. The fraction of sp³-hybridized carbons (Fsp3) is 0.370. The van der Waals surface area contributed by atoms with Crippen molar-refractivity contribution in [2.45, 2.75) is 32.8 Å². The van der Waals surface area contributed by atoms with Crippen LogP contribution in [0.5, 0.6) is 0 Å². The molecule has 2 aromatic carbocycles. The van der Waals surface area contributed by atoms with E-state index in [2.05, 4.69) is 79.3 Å². The Morgan fingerprint density at radius 2 is 1.67 bits per heavy atom. The van der Waals surface area contributed by atoms with E-state index in [1.165, 1.54) is 10.4 Å². The van der Waals surface area contributed by atoms with E-state index < -0.39 is 15.0 Å². The molecule has 188 valence electrons. The van der Waals surface area contributed by atoms with Crippen molar-refractivity contribution in [3.05, 3.63) is 73.2 Å². The average Bonchev–Trinajstić information content (AvgIpc) is 3.50. The van der Waals surface area contributed by atoms with Crippen LogP contribution in [0.1, 0.15) is 20.8 Å². The minimum atomic E-state index is -2.04. The summed E-state index contributed by atoms with van der Waals surface area (Å²) in [5.74, 6) is -0.606. The highest BCUT2D eigenvalue weighted by Gasteiger charge is 2.49. The number of anilines is 1. The number of hydrogen-bond acceptors (Lipinski definition) is 7. The highest BCUT2D eigenvalue weighted by molar-refractivity contribution is 6.80. The summed E-state index contributed by atoms with van der Waals surface area (Å²) in [4.78, 5) is 15.6. The summed E-state index contributed by atoms with van der Waals surface area (Å²) >= 11 is 0. The summed E-state index contributed by atoms with van der Waals surface area (Å²) < 4.78 is 21.9. The van der Waals surface area contributed by atoms with E-state index in [1.54, 1.807) is 12.5 Å². The third-order valence-electron chi connectivity index (χ3n) is 6.43. The number of fused-ring (bicyclic) bond motifs is 1. The predicted molar refractivity (Wildman–Crippen MR) is 143 cm³/mol. The van der Waals surface area contributed by atoms with Gasteiger partial charge in [-0.15, -0.1) is 0 Å². The topological polar surface area (TPSA) is 74.5 Å². The van der Waals surface area contributed by atoms with Crippen molar-refractivity contribution in [2.75, 3.05) is 32.2 Å². The van der Waals surface area contributed by atoms with Crippen molar-refractivity contribution < 1.29 is 13.9 Å². The molecular formula is C27H33N5O3Si. The summed E-state index contributed by atoms with van der Waals surface area (Å²) in [6.07, 6.45) is 3.32. The van der Waals surface area contributed by atoms with Gasteiger partial charge in [-0.1, -0.05) is 81.4 Å². The molecule has 0 saturated carbocycles. The summed E-state index contributed by atoms with van der Waals surface area (Å²) in [7, 11) is 1.78. The van der Waals surface area contributed by atoms with E-state index in [0.29, 0.717) is 23.7 Å². The van der Waals surface area contributed by atoms with Gasteiger partial charge in [-0.2, -0.15) is 4.98 Å². The summed E-state index contributed by atoms with van der Waals surface area (Å²) in [5.41, 5.74) is 1.20. The maximum atomic E-state index is 6.80. The summed E-state index contributed by atoms with van der Waals surface area (Å²) in [5, 5.41) is 2.38. The van der Waals surface area contributed by atoms with Gasteiger partial charge in [0, 0.05) is 14.1 Å². The maximum absolute atomic E-state index is 6.80. The van der Waals surface area contributed by atoms with Crippen LogP contribution in [0.4, 0.5) is 5.95 Å². The molecule has 0 spiro atoms. The smallest absolute Gasteiger partial charge is 0.281 e. The normalized spacial score (nSPS) is 20.3. The Bertz CT molecular complexity index is 1270. The van der Waals surface area contributed by atoms with Crippen LogP contribution in [-0.4, -0.2) is 62.0 Å². The standard InChI is InChI=1S/C27H33N5O3Si/c1-26(2,3)23-17-33-27(35-23,32-19-29-22-16-28-25(31(4)5)30-24(22)32)18-34-36(20-12-8-6-9-13-20)21-14-10-7-11-15-21/h6-16,19,23,36H,17-18H2,1-5H3/t23-,27+/m1/s1. The van der Waals surface area contributed by atoms with Crippen molar-refractivity contribution in [1.29, 1.82) is 0 Å². The lowest BCUT2D eigenvalue weighted by atomic mass is 9.90. The van der Waals surface area contributed by atoms with E-state index in [-0.39, 0.29) is 18.1 Å². The summed E-state index contributed by atoms with van der Waals surface area (Å²) in [6, 6.07) is 20.8. The van der Waals surface area contributed by atoms with Crippen LogP contribution in [0.25, 0.3) is 11.2 Å². The zero-order valence-electron chi connectivity index (χ0n) is 21.5. The maximum Gasteiger partial charge on any atom is 0.281 e. The van der Waals surface area contributed by atoms with E-state index in [4.69, 9.17) is 18.9 Å². The lowest BCUT2D eigenvalue weighted by Gasteiger charge is -2.33. The fourth-order valence-corrected chi connectivity index (χ4v) is 6.58. The number of hydrogen-bond donors (Lipinski definition) is 0. The molecular weight excluding hydrogens is 470 g/mol. The largest absolute Gasteiger partial charge is 0.403 e. The molecule has 0 amide bonds. The van der Waals surface area contributed by atoms with Crippen LogP contribution < -0.4 is 15.3 Å². The molecule has 0 bridgehead atoms. The number of imidazole rings is 1. The monoisotopic (exact) mass is 503 g/mol. The van der Waals surface area contributed by atoms with Crippen molar-refractivity contribution in [1.82, 2.24) is 19.5 Å². The first-order valence-corrected chi connectivity index (χ1v) is 13.8. The number of rotatable bonds is 7. The van der Waals surface area contributed by atoms with Crippen molar-refractivity contribution in [2.24, 2.45) is 5.41 Å². The second-order valence-corrected chi connectivity index (χ2v) is 12.8. The van der Waals surface area contributed by atoms with Gasteiger partial charge in [0.15, 0.2) is 5.65 Å². The Kier molecular flexibility index (Phi) is 6.65. The van der Waals surface area contributed by atoms with Crippen LogP contribution >= 0.6 is 0 Å². The Hall–Kier alpha value is -3.11. The van der Waals surface area contributed by atoms with Gasteiger partial charge in [0.1, 0.15) is 18.5 Å². The molecule has 0 aliphatic carbocycles. The Labute approximate surface area is 213 Å². The van der Waals surface area contributed by atoms with Crippen molar-refractivity contribution >= 4 is 36.5 Å². The molecule has 1 saturated heterocycles. The zero-order valence-corrected chi connectivity index (χ0v) is 22.6.